The van der Waals surface area contributed by atoms with Crippen molar-refractivity contribution in [3.63, 3.8) is 0 Å². The molecule has 0 bridgehead atoms. The molecule has 1 aromatic rings. The van der Waals surface area contributed by atoms with Gasteiger partial charge in [0.05, 0.1) is 7.11 Å². The van der Waals surface area contributed by atoms with E-state index in [1.807, 2.05) is 6.92 Å². The second-order valence-corrected chi connectivity index (χ2v) is 8.73. The predicted molar refractivity (Wildman–Crippen MR) is 115 cm³/mol. The van der Waals surface area contributed by atoms with Crippen molar-refractivity contribution in [2.45, 2.75) is 51.8 Å². The Morgan fingerprint density at radius 3 is 2.38 bits per heavy atom. The molecule has 1 aromatic carbocycles. The number of benzene rings is 1. The molecule has 3 amide bonds. The summed E-state index contributed by atoms with van der Waals surface area (Å²) in [5.74, 6) is -1.67. The molecule has 0 saturated heterocycles. The second kappa shape index (κ2) is 10.3. The van der Waals surface area contributed by atoms with Crippen molar-refractivity contribution in [2.75, 3.05) is 20.2 Å². The van der Waals surface area contributed by atoms with Gasteiger partial charge in [0.15, 0.2) is 0 Å². The fourth-order valence-electron chi connectivity index (χ4n) is 3.23. The van der Waals surface area contributed by atoms with E-state index in [0.29, 0.717) is 12.0 Å². The number of amides is 3. The van der Waals surface area contributed by atoms with Crippen LogP contribution in [0.1, 0.15) is 45.7 Å². The minimum atomic E-state index is -1.12. The Bertz CT molecular complexity index is 865. The van der Waals surface area contributed by atoms with Crippen LogP contribution in [0.5, 0.6) is 5.75 Å². The van der Waals surface area contributed by atoms with Crippen LogP contribution in [0.15, 0.2) is 24.3 Å². The van der Waals surface area contributed by atoms with Gasteiger partial charge in [-0.15, -0.1) is 0 Å². The van der Waals surface area contributed by atoms with Gasteiger partial charge in [0.2, 0.25) is 11.8 Å². The third-order valence-electron chi connectivity index (χ3n) is 4.84. The van der Waals surface area contributed by atoms with Gasteiger partial charge in [-0.1, -0.05) is 19.1 Å². The van der Waals surface area contributed by atoms with Gasteiger partial charge in [-0.05, 0) is 50.8 Å². The molecule has 0 heterocycles. The molecular weight excluding hydrogens is 418 g/mol. The lowest BCUT2D eigenvalue weighted by Gasteiger charge is -2.32. The monoisotopic (exact) mass is 449 g/mol. The SMILES string of the molecule is COC(=O)CNC(=O)C(c1cccc(O)c1)N(C(=O)CNC(=O)OC(C)(C)C)C1CC1C. The molecule has 10 nitrogen and oxygen atoms in total. The normalized spacial score (nSPS) is 18.2. The summed E-state index contributed by atoms with van der Waals surface area (Å²) in [6.45, 7) is 6.31. The van der Waals surface area contributed by atoms with Gasteiger partial charge in [0.25, 0.3) is 0 Å². The molecule has 0 aliphatic heterocycles. The number of hydrogen-bond acceptors (Lipinski definition) is 7. The first-order valence-corrected chi connectivity index (χ1v) is 10.3. The Balaban J connectivity index is 2.28. The van der Waals surface area contributed by atoms with Crippen LogP contribution in [0, 0.1) is 5.92 Å². The third-order valence-corrected chi connectivity index (χ3v) is 4.84. The van der Waals surface area contributed by atoms with E-state index in [1.165, 1.54) is 24.1 Å². The van der Waals surface area contributed by atoms with Crippen LogP contribution in [0.2, 0.25) is 0 Å². The maximum atomic E-state index is 13.2. The molecule has 0 spiro atoms. The summed E-state index contributed by atoms with van der Waals surface area (Å²) < 4.78 is 9.73. The summed E-state index contributed by atoms with van der Waals surface area (Å²) in [6, 6.07) is 4.65. The molecule has 10 heteroatoms. The Morgan fingerprint density at radius 2 is 1.84 bits per heavy atom. The minimum absolute atomic E-state index is 0.0728. The lowest BCUT2D eigenvalue weighted by Crippen LogP contribution is -2.49. The fraction of sp³-hybridized carbons (Fsp3) is 0.545. The number of hydrogen-bond donors (Lipinski definition) is 3. The van der Waals surface area contributed by atoms with E-state index in [-0.39, 0.29) is 30.8 Å². The highest BCUT2D eigenvalue weighted by Gasteiger charge is 2.46. The van der Waals surface area contributed by atoms with Crippen molar-refractivity contribution in [1.82, 2.24) is 15.5 Å². The Labute approximate surface area is 187 Å². The van der Waals surface area contributed by atoms with Gasteiger partial charge in [-0.2, -0.15) is 0 Å². The first-order valence-electron chi connectivity index (χ1n) is 10.3. The van der Waals surface area contributed by atoms with Crippen LogP contribution < -0.4 is 10.6 Å². The summed E-state index contributed by atoms with van der Waals surface area (Å²) in [4.78, 5) is 51.1. The smallest absolute Gasteiger partial charge is 0.408 e. The first kappa shape index (κ1) is 25.0. The van der Waals surface area contributed by atoms with Gasteiger partial charge in [0.1, 0.15) is 30.5 Å². The molecule has 3 N–H and O–H groups in total. The van der Waals surface area contributed by atoms with Crippen LogP contribution in [0.3, 0.4) is 0 Å². The quantitative estimate of drug-likeness (QED) is 0.512. The number of nitrogens with zero attached hydrogens (tertiary/aromatic N) is 1. The number of methoxy groups -OCH3 is 1. The number of phenolic OH excluding ortho intramolecular Hbond substituents is 1. The van der Waals surface area contributed by atoms with Crippen LogP contribution in [0.25, 0.3) is 0 Å². The average Bonchev–Trinajstić information content (AvgIpc) is 3.42. The number of carbonyl (C=O) groups excluding carboxylic acids is 4. The lowest BCUT2D eigenvalue weighted by atomic mass is 10.0. The van der Waals surface area contributed by atoms with Crippen LogP contribution in [0.4, 0.5) is 4.79 Å². The predicted octanol–water partition coefficient (Wildman–Crippen LogP) is 1.48. The summed E-state index contributed by atoms with van der Waals surface area (Å²) >= 11 is 0. The number of phenols is 1. The fourth-order valence-corrected chi connectivity index (χ4v) is 3.23. The van der Waals surface area contributed by atoms with Gasteiger partial charge in [-0.25, -0.2) is 4.79 Å². The molecule has 32 heavy (non-hydrogen) atoms. The minimum Gasteiger partial charge on any atom is -0.508 e. The average molecular weight is 450 g/mol. The molecule has 1 saturated carbocycles. The highest BCUT2D eigenvalue weighted by molar-refractivity contribution is 5.92. The Morgan fingerprint density at radius 1 is 1.19 bits per heavy atom. The number of carbonyl (C=O) groups is 4. The van der Waals surface area contributed by atoms with E-state index in [2.05, 4.69) is 15.4 Å². The van der Waals surface area contributed by atoms with E-state index in [1.54, 1.807) is 32.9 Å². The maximum absolute atomic E-state index is 13.2. The highest BCUT2D eigenvalue weighted by Crippen LogP contribution is 2.40. The summed E-state index contributed by atoms with van der Waals surface area (Å²) in [5, 5.41) is 14.8. The lowest BCUT2D eigenvalue weighted by molar-refractivity contribution is -0.144. The molecule has 0 aromatic heterocycles. The summed E-state index contributed by atoms with van der Waals surface area (Å²) in [5.41, 5.74) is -0.354. The van der Waals surface area contributed by atoms with Crippen molar-refractivity contribution in [2.24, 2.45) is 5.92 Å². The van der Waals surface area contributed by atoms with E-state index in [4.69, 9.17) is 4.74 Å². The van der Waals surface area contributed by atoms with Gasteiger partial charge in [-0.3, -0.25) is 14.4 Å². The number of rotatable bonds is 8. The molecule has 3 atom stereocenters. The van der Waals surface area contributed by atoms with Crippen LogP contribution in [-0.4, -0.2) is 65.7 Å². The molecule has 176 valence electrons. The van der Waals surface area contributed by atoms with Gasteiger partial charge in [0, 0.05) is 6.04 Å². The Kier molecular flexibility index (Phi) is 8.07. The molecule has 1 aliphatic carbocycles. The molecule has 1 aliphatic rings. The standard InChI is InChI=1S/C22H31N3O7/c1-13-9-16(13)25(17(27)11-24-21(30)32-22(2,3)4)19(14-7-6-8-15(26)10-14)20(29)23-12-18(28)31-5/h6-8,10,13,16,19,26H,9,11-12H2,1-5H3,(H,23,29)(H,24,30). The molecule has 1 fully saturated rings. The van der Waals surface area contributed by atoms with Crippen molar-refractivity contribution in [3.8, 4) is 5.75 Å². The van der Waals surface area contributed by atoms with Gasteiger partial charge >= 0.3 is 12.1 Å². The number of alkyl carbamates (subject to hydrolysis) is 1. The topological polar surface area (TPSA) is 134 Å². The van der Waals surface area contributed by atoms with E-state index >= 15 is 0 Å². The summed E-state index contributed by atoms with van der Waals surface area (Å²) in [6.07, 6.45) is -0.0729. The van der Waals surface area contributed by atoms with E-state index in [9.17, 15) is 24.3 Å². The highest BCUT2D eigenvalue weighted by atomic mass is 16.6. The van der Waals surface area contributed by atoms with Crippen molar-refractivity contribution in [3.05, 3.63) is 29.8 Å². The van der Waals surface area contributed by atoms with Crippen molar-refractivity contribution < 1.29 is 33.8 Å². The molecular formula is C22H31N3O7. The van der Waals surface area contributed by atoms with E-state index in [0.717, 1.165) is 0 Å². The molecule has 2 rings (SSSR count). The zero-order valence-electron chi connectivity index (χ0n) is 19.0. The first-order chi connectivity index (χ1) is 14.9. The summed E-state index contributed by atoms with van der Waals surface area (Å²) in [7, 11) is 1.20. The maximum Gasteiger partial charge on any atom is 0.408 e. The largest absolute Gasteiger partial charge is 0.508 e. The van der Waals surface area contributed by atoms with Gasteiger partial charge < -0.3 is 30.1 Å². The van der Waals surface area contributed by atoms with Crippen molar-refractivity contribution >= 4 is 23.9 Å². The molecule has 3 unspecified atom stereocenters. The number of nitrogens with one attached hydrogen (secondary N) is 2. The zero-order chi connectivity index (χ0) is 24.1. The number of esters is 1. The van der Waals surface area contributed by atoms with E-state index < -0.39 is 35.5 Å². The van der Waals surface area contributed by atoms with Crippen LogP contribution >= 0.6 is 0 Å². The molecule has 0 radical (unpaired) electrons. The second-order valence-electron chi connectivity index (χ2n) is 8.73. The third kappa shape index (κ3) is 7.14. The zero-order valence-corrected chi connectivity index (χ0v) is 19.0. The number of ether oxygens (including phenoxy) is 2. The van der Waals surface area contributed by atoms with Crippen molar-refractivity contribution in [1.29, 1.82) is 0 Å². The Hall–Kier alpha value is -3.30. The van der Waals surface area contributed by atoms with Crippen LogP contribution in [-0.2, 0) is 23.9 Å². The number of aromatic hydroxyl groups is 1.